The van der Waals surface area contributed by atoms with E-state index in [-0.39, 0.29) is 5.58 Å². The summed E-state index contributed by atoms with van der Waals surface area (Å²) in [6.45, 7) is 0. The Hall–Kier alpha value is -3.15. The van der Waals surface area contributed by atoms with Crippen LogP contribution < -0.4 is 5.43 Å². The number of para-hydroxylation sites is 1. The van der Waals surface area contributed by atoms with Gasteiger partial charge in [-0.15, -0.1) is 0 Å². The summed E-state index contributed by atoms with van der Waals surface area (Å²) in [7, 11) is 0. The fourth-order valence-corrected chi connectivity index (χ4v) is 1.91. The first-order valence-corrected chi connectivity index (χ1v) is 5.66. The third kappa shape index (κ3) is 1.93. The molecule has 0 fully saturated rings. The Bertz CT molecular complexity index is 1080. The first-order chi connectivity index (χ1) is 11.6. The van der Waals surface area contributed by atoms with Crippen molar-refractivity contribution < 1.29 is 30.3 Å². The van der Waals surface area contributed by atoms with Crippen LogP contribution in [0, 0.1) is 0 Å². The maximum Gasteiger partial charge on any atom is 0.238 e. The zero-order valence-corrected chi connectivity index (χ0v) is 10.3. The Morgan fingerprint density at radius 2 is 1.71 bits per heavy atom. The standard InChI is InChI=1S/C15H10O6/c16-7-5-10(18)12-11(6-7)21-15(14(20)13(12)19)8-3-1-2-4-9(8)17/h1-6,16-18,20H/i1D,2D,3D,4D. The minimum Gasteiger partial charge on any atom is -0.508 e. The molecule has 0 saturated heterocycles. The number of benzene rings is 2. The number of phenols is 3. The first-order valence-electron chi connectivity index (χ1n) is 7.66. The molecular weight excluding hydrogens is 276 g/mol. The van der Waals surface area contributed by atoms with Gasteiger partial charge in [0, 0.05) is 12.1 Å². The number of aromatic hydroxyl groups is 4. The Morgan fingerprint density at radius 3 is 2.48 bits per heavy atom. The van der Waals surface area contributed by atoms with E-state index in [1.54, 1.807) is 0 Å². The van der Waals surface area contributed by atoms with Gasteiger partial charge >= 0.3 is 0 Å². The van der Waals surface area contributed by atoms with E-state index in [2.05, 4.69) is 0 Å². The van der Waals surface area contributed by atoms with Crippen LogP contribution in [0.25, 0.3) is 22.3 Å². The lowest BCUT2D eigenvalue weighted by molar-refractivity contribution is 0.435. The van der Waals surface area contributed by atoms with Crippen LogP contribution in [-0.2, 0) is 0 Å². The molecule has 1 heterocycles. The predicted molar refractivity (Wildman–Crippen MR) is 74.6 cm³/mol. The number of fused-ring (bicyclic) bond motifs is 1. The van der Waals surface area contributed by atoms with Crippen LogP contribution in [0.3, 0.4) is 0 Å². The smallest absolute Gasteiger partial charge is 0.238 e. The second-order valence-corrected chi connectivity index (χ2v) is 4.17. The quantitative estimate of drug-likeness (QED) is 0.547. The van der Waals surface area contributed by atoms with E-state index in [1.165, 1.54) is 0 Å². The Balaban J connectivity index is 2.51. The van der Waals surface area contributed by atoms with Gasteiger partial charge in [-0.05, 0) is 12.1 Å². The lowest BCUT2D eigenvalue weighted by atomic mass is 10.1. The molecule has 106 valence electrons. The van der Waals surface area contributed by atoms with Crippen molar-refractivity contribution in [3.8, 4) is 34.3 Å². The van der Waals surface area contributed by atoms with Gasteiger partial charge < -0.3 is 24.8 Å². The Morgan fingerprint density at radius 1 is 1.00 bits per heavy atom. The van der Waals surface area contributed by atoms with Crippen LogP contribution in [0.4, 0.5) is 0 Å². The minimum atomic E-state index is -1.10. The summed E-state index contributed by atoms with van der Waals surface area (Å²) in [5.41, 5.74) is -2.06. The van der Waals surface area contributed by atoms with Crippen molar-refractivity contribution in [3.05, 3.63) is 46.5 Å². The highest BCUT2D eigenvalue weighted by Gasteiger charge is 2.20. The van der Waals surface area contributed by atoms with Crippen molar-refractivity contribution >= 4 is 11.0 Å². The average molecular weight is 290 g/mol. The van der Waals surface area contributed by atoms with Crippen molar-refractivity contribution in [1.82, 2.24) is 0 Å². The third-order valence-corrected chi connectivity index (χ3v) is 2.83. The van der Waals surface area contributed by atoms with Crippen LogP contribution in [-0.4, -0.2) is 20.4 Å². The second kappa shape index (κ2) is 4.45. The molecule has 6 heteroatoms. The summed E-state index contributed by atoms with van der Waals surface area (Å²) in [5, 5.41) is 39.0. The SMILES string of the molecule is [2H]c1c([2H])c([2H])c(-c2oc3cc(O)cc(O)c3c(=O)c2O)c(O)c1[2H]. The van der Waals surface area contributed by atoms with Crippen molar-refractivity contribution in [2.75, 3.05) is 0 Å². The van der Waals surface area contributed by atoms with Crippen LogP contribution in [0.1, 0.15) is 5.48 Å². The zero-order chi connectivity index (χ0) is 18.6. The normalized spacial score (nSPS) is 13.5. The summed E-state index contributed by atoms with van der Waals surface area (Å²) in [4.78, 5) is 12.3. The van der Waals surface area contributed by atoms with Gasteiger partial charge in [0.1, 0.15) is 28.2 Å². The molecule has 1 aromatic heterocycles. The lowest BCUT2D eigenvalue weighted by Gasteiger charge is -2.08. The van der Waals surface area contributed by atoms with Crippen LogP contribution >= 0.6 is 0 Å². The van der Waals surface area contributed by atoms with Gasteiger partial charge in [-0.25, -0.2) is 0 Å². The van der Waals surface area contributed by atoms with E-state index < -0.39 is 69.3 Å². The number of phenolic OH excluding ortho intramolecular Hbond substituents is 3. The molecule has 0 spiro atoms. The van der Waals surface area contributed by atoms with E-state index in [9.17, 15) is 25.2 Å². The molecule has 4 N–H and O–H groups in total. The predicted octanol–water partition coefficient (Wildman–Crippen LogP) is 2.28. The third-order valence-electron chi connectivity index (χ3n) is 2.83. The summed E-state index contributed by atoms with van der Waals surface area (Å²) in [6.07, 6.45) is 0. The largest absolute Gasteiger partial charge is 0.508 e. The maximum absolute atomic E-state index is 12.3. The highest BCUT2D eigenvalue weighted by molar-refractivity contribution is 5.88. The van der Waals surface area contributed by atoms with E-state index in [0.29, 0.717) is 0 Å². The number of hydrogen-bond donors (Lipinski definition) is 4. The molecule has 21 heavy (non-hydrogen) atoms. The zero-order valence-electron chi connectivity index (χ0n) is 14.3. The van der Waals surface area contributed by atoms with E-state index in [0.717, 1.165) is 12.1 Å². The molecule has 0 aliphatic carbocycles. The van der Waals surface area contributed by atoms with Gasteiger partial charge in [0.15, 0.2) is 5.76 Å². The monoisotopic (exact) mass is 290 g/mol. The van der Waals surface area contributed by atoms with Gasteiger partial charge in [-0.2, -0.15) is 0 Å². The highest BCUT2D eigenvalue weighted by atomic mass is 16.4. The summed E-state index contributed by atoms with van der Waals surface area (Å²) in [5.74, 6) is -3.79. The van der Waals surface area contributed by atoms with Gasteiger partial charge in [-0.3, -0.25) is 4.79 Å². The molecule has 6 nitrogen and oxygen atoms in total. The first kappa shape index (κ1) is 8.91. The summed E-state index contributed by atoms with van der Waals surface area (Å²) < 4.78 is 35.8. The van der Waals surface area contributed by atoms with Crippen LogP contribution in [0.15, 0.2) is 45.5 Å². The molecular formula is C15H10O6. The molecule has 3 aromatic rings. The highest BCUT2D eigenvalue weighted by Crippen LogP contribution is 2.37. The summed E-state index contributed by atoms with van der Waals surface area (Å²) >= 11 is 0. The van der Waals surface area contributed by atoms with Gasteiger partial charge in [0.05, 0.1) is 11.0 Å². The fourth-order valence-electron chi connectivity index (χ4n) is 1.91. The molecule has 0 bridgehead atoms. The van der Waals surface area contributed by atoms with Gasteiger partial charge in [0.25, 0.3) is 0 Å². The lowest BCUT2D eigenvalue weighted by Crippen LogP contribution is -2.03. The number of rotatable bonds is 1. The molecule has 0 atom stereocenters. The van der Waals surface area contributed by atoms with Crippen LogP contribution in [0.5, 0.6) is 23.0 Å². The van der Waals surface area contributed by atoms with Crippen molar-refractivity contribution in [2.45, 2.75) is 0 Å². The average Bonchev–Trinajstić information content (AvgIpc) is 2.55. The second-order valence-electron chi connectivity index (χ2n) is 4.17. The topological polar surface area (TPSA) is 111 Å². The van der Waals surface area contributed by atoms with Crippen molar-refractivity contribution in [2.24, 2.45) is 0 Å². The maximum atomic E-state index is 12.3. The molecule has 0 saturated carbocycles. The van der Waals surface area contributed by atoms with E-state index >= 15 is 0 Å². The minimum absolute atomic E-state index is 0.345. The molecule has 0 unspecified atom stereocenters. The van der Waals surface area contributed by atoms with Gasteiger partial charge in [-0.1, -0.05) is 12.1 Å². The fraction of sp³-hybridized carbons (Fsp3) is 0. The van der Waals surface area contributed by atoms with E-state index in [1.807, 2.05) is 0 Å². The van der Waals surface area contributed by atoms with Crippen molar-refractivity contribution in [3.63, 3.8) is 0 Å². The molecule has 0 radical (unpaired) electrons. The van der Waals surface area contributed by atoms with Crippen LogP contribution in [0.2, 0.25) is 0 Å². The molecule has 0 aliphatic heterocycles. The molecule has 0 aliphatic rings. The number of hydrogen-bond acceptors (Lipinski definition) is 6. The Kier molecular flexibility index (Phi) is 1.89. The Labute approximate surface area is 123 Å². The van der Waals surface area contributed by atoms with Crippen molar-refractivity contribution in [1.29, 1.82) is 0 Å². The molecule has 3 rings (SSSR count). The van der Waals surface area contributed by atoms with Gasteiger partial charge in [0.2, 0.25) is 11.2 Å². The van der Waals surface area contributed by atoms with E-state index in [4.69, 9.17) is 9.90 Å². The molecule has 0 amide bonds. The summed E-state index contributed by atoms with van der Waals surface area (Å²) in [6, 6.07) is -1.09. The molecule has 2 aromatic carbocycles.